The first kappa shape index (κ1) is 14.0. The van der Waals surface area contributed by atoms with Crippen LogP contribution in [-0.2, 0) is 0 Å². The molecular formula is C14H23NO2. The van der Waals surface area contributed by atoms with Gasteiger partial charge in [-0.05, 0) is 43.6 Å². The highest BCUT2D eigenvalue weighted by atomic mass is 16.5. The predicted molar refractivity (Wildman–Crippen MR) is 70.6 cm³/mol. The van der Waals surface area contributed by atoms with Crippen molar-refractivity contribution >= 4 is 0 Å². The van der Waals surface area contributed by atoms with E-state index >= 15 is 0 Å². The number of rotatable bonds is 6. The summed E-state index contributed by atoms with van der Waals surface area (Å²) in [6.45, 7) is 5.08. The van der Waals surface area contributed by atoms with Crippen molar-refractivity contribution in [1.29, 1.82) is 0 Å². The highest BCUT2D eigenvalue weighted by Crippen LogP contribution is 2.30. The summed E-state index contributed by atoms with van der Waals surface area (Å²) in [4.78, 5) is 0. The molecule has 0 aromatic heterocycles. The van der Waals surface area contributed by atoms with E-state index in [0.29, 0.717) is 12.3 Å². The van der Waals surface area contributed by atoms with E-state index in [1.165, 1.54) is 5.56 Å². The third kappa shape index (κ3) is 3.72. The quantitative estimate of drug-likeness (QED) is 0.798. The normalized spacial score (nSPS) is 12.8. The van der Waals surface area contributed by atoms with E-state index < -0.39 is 6.10 Å². The molecule has 0 aliphatic carbocycles. The fourth-order valence-corrected chi connectivity index (χ4v) is 1.81. The van der Waals surface area contributed by atoms with Crippen molar-refractivity contribution in [2.45, 2.75) is 32.3 Å². The van der Waals surface area contributed by atoms with Crippen LogP contribution >= 0.6 is 0 Å². The summed E-state index contributed by atoms with van der Waals surface area (Å²) >= 11 is 0. The number of nitrogens with one attached hydrogen (secondary N) is 1. The fourth-order valence-electron chi connectivity index (χ4n) is 1.81. The Labute approximate surface area is 104 Å². The number of hydrogen-bond donors (Lipinski definition) is 2. The standard InChI is InChI=1S/C14H23NO2/c1-10(2)11-5-6-14(17-4)12(9-11)13(16)7-8-15-3/h5-6,9-10,13,15-16H,7-8H2,1-4H3. The average Bonchev–Trinajstić information content (AvgIpc) is 2.34. The Morgan fingerprint density at radius 1 is 1.35 bits per heavy atom. The molecule has 0 spiro atoms. The maximum absolute atomic E-state index is 10.1. The summed E-state index contributed by atoms with van der Waals surface area (Å²) in [5.74, 6) is 1.22. The first-order valence-electron chi connectivity index (χ1n) is 6.10. The van der Waals surface area contributed by atoms with E-state index in [0.717, 1.165) is 17.9 Å². The highest BCUT2D eigenvalue weighted by molar-refractivity contribution is 5.39. The van der Waals surface area contributed by atoms with E-state index in [1.54, 1.807) is 7.11 Å². The Morgan fingerprint density at radius 2 is 2.06 bits per heavy atom. The SMILES string of the molecule is CNCCC(O)c1cc(C(C)C)ccc1OC. The van der Waals surface area contributed by atoms with Gasteiger partial charge in [-0.15, -0.1) is 0 Å². The third-order valence-electron chi connectivity index (χ3n) is 2.95. The van der Waals surface area contributed by atoms with Gasteiger partial charge in [-0.1, -0.05) is 19.9 Å². The number of aliphatic hydroxyl groups excluding tert-OH is 1. The fraction of sp³-hybridized carbons (Fsp3) is 0.571. The van der Waals surface area contributed by atoms with Crippen molar-refractivity contribution in [2.24, 2.45) is 0 Å². The first-order valence-corrected chi connectivity index (χ1v) is 6.10. The average molecular weight is 237 g/mol. The van der Waals surface area contributed by atoms with E-state index in [9.17, 15) is 5.11 Å². The minimum atomic E-state index is -0.476. The van der Waals surface area contributed by atoms with Crippen LogP contribution in [0.15, 0.2) is 18.2 Å². The van der Waals surface area contributed by atoms with Gasteiger partial charge in [-0.3, -0.25) is 0 Å². The number of aliphatic hydroxyl groups is 1. The Bertz CT molecular complexity index is 350. The molecule has 3 nitrogen and oxygen atoms in total. The molecule has 17 heavy (non-hydrogen) atoms. The number of methoxy groups -OCH3 is 1. The van der Waals surface area contributed by atoms with Crippen molar-refractivity contribution in [3.8, 4) is 5.75 Å². The summed E-state index contributed by atoms with van der Waals surface area (Å²) in [5, 5.41) is 13.2. The van der Waals surface area contributed by atoms with Gasteiger partial charge in [-0.2, -0.15) is 0 Å². The maximum atomic E-state index is 10.1. The molecule has 1 atom stereocenters. The lowest BCUT2D eigenvalue weighted by molar-refractivity contribution is 0.163. The zero-order chi connectivity index (χ0) is 12.8. The first-order chi connectivity index (χ1) is 8.10. The molecular weight excluding hydrogens is 214 g/mol. The lowest BCUT2D eigenvalue weighted by atomic mass is 9.97. The second kappa shape index (κ2) is 6.62. The molecule has 1 aromatic rings. The van der Waals surface area contributed by atoms with Gasteiger partial charge in [0.15, 0.2) is 0 Å². The largest absolute Gasteiger partial charge is 0.496 e. The lowest BCUT2D eigenvalue weighted by Gasteiger charge is -2.17. The van der Waals surface area contributed by atoms with Crippen LogP contribution in [0.25, 0.3) is 0 Å². The minimum absolute atomic E-state index is 0.455. The Balaban J connectivity index is 2.96. The number of ether oxygens (including phenoxy) is 1. The van der Waals surface area contributed by atoms with Crippen LogP contribution < -0.4 is 10.1 Å². The van der Waals surface area contributed by atoms with Crippen molar-refractivity contribution in [2.75, 3.05) is 20.7 Å². The van der Waals surface area contributed by atoms with Gasteiger partial charge in [-0.25, -0.2) is 0 Å². The zero-order valence-electron chi connectivity index (χ0n) is 11.2. The minimum Gasteiger partial charge on any atom is -0.496 e. The van der Waals surface area contributed by atoms with Crippen LogP contribution in [-0.4, -0.2) is 25.8 Å². The molecule has 0 amide bonds. The summed E-state index contributed by atoms with van der Waals surface area (Å²) in [6.07, 6.45) is 0.213. The molecule has 0 fully saturated rings. The number of benzene rings is 1. The molecule has 0 bridgehead atoms. The van der Waals surface area contributed by atoms with E-state index in [4.69, 9.17) is 4.74 Å². The van der Waals surface area contributed by atoms with Gasteiger partial charge in [0.05, 0.1) is 13.2 Å². The second-order valence-corrected chi connectivity index (χ2v) is 4.56. The van der Waals surface area contributed by atoms with Crippen molar-refractivity contribution < 1.29 is 9.84 Å². The zero-order valence-corrected chi connectivity index (χ0v) is 11.2. The lowest BCUT2D eigenvalue weighted by Crippen LogP contribution is -2.12. The molecule has 0 aliphatic heterocycles. The molecule has 1 unspecified atom stereocenters. The van der Waals surface area contributed by atoms with Crippen molar-refractivity contribution in [3.05, 3.63) is 29.3 Å². The highest BCUT2D eigenvalue weighted by Gasteiger charge is 2.14. The van der Waals surface area contributed by atoms with Gasteiger partial charge in [0.25, 0.3) is 0 Å². The van der Waals surface area contributed by atoms with Gasteiger partial charge in [0.2, 0.25) is 0 Å². The van der Waals surface area contributed by atoms with E-state index in [2.05, 4.69) is 25.2 Å². The van der Waals surface area contributed by atoms with Crippen molar-refractivity contribution in [3.63, 3.8) is 0 Å². The molecule has 0 aliphatic rings. The third-order valence-corrected chi connectivity index (χ3v) is 2.95. The van der Waals surface area contributed by atoms with Crippen LogP contribution in [0.4, 0.5) is 0 Å². The van der Waals surface area contributed by atoms with Crippen LogP contribution in [0.3, 0.4) is 0 Å². The molecule has 1 rings (SSSR count). The van der Waals surface area contributed by atoms with Crippen LogP contribution in [0.5, 0.6) is 5.75 Å². The smallest absolute Gasteiger partial charge is 0.124 e. The molecule has 0 radical (unpaired) electrons. The molecule has 0 saturated heterocycles. The van der Waals surface area contributed by atoms with Gasteiger partial charge >= 0.3 is 0 Å². The Kier molecular flexibility index (Phi) is 5.45. The van der Waals surface area contributed by atoms with Gasteiger partial charge in [0.1, 0.15) is 5.75 Å². The van der Waals surface area contributed by atoms with E-state index in [-0.39, 0.29) is 0 Å². The van der Waals surface area contributed by atoms with Gasteiger partial charge in [0, 0.05) is 5.56 Å². The summed E-state index contributed by atoms with van der Waals surface area (Å²) in [5.41, 5.74) is 2.11. The van der Waals surface area contributed by atoms with Crippen LogP contribution in [0.2, 0.25) is 0 Å². The summed E-state index contributed by atoms with van der Waals surface area (Å²) < 4.78 is 5.30. The number of hydrogen-bond acceptors (Lipinski definition) is 3. The summed E-state index contributed by atoms with van der Waals surface area (Å²) in [7, 11) is 3.52. The predicted octanol–water partition coefficient (Wildman–Crippen LogP) is 2.46. The maximum Gasteiger partial charge on any atom is 0.124 e. The molecule has 2 N–H and O–H groups in total. The molecule has 0 heterocycles. The molecule has 1 aromatic carbocycles. The van der Waals surface area contributed by atoms with Crippen LogP contribution in [0, 0.1) is 0 Å². The molecule has 3 heteroatoms. The topological polar surface area (TPSA) is 41.5 Å². The molecule has 0 saturated carbocycles. The van der Waals surface area contributed by atoms with E-state index in [1.807, 2.05) is 19.2 Å². The van der Waals surface area contributed by atoms with Gasteiger partial charge < -0.3 is 15.2 Å². The second-order valence-electron chi connectivity index (χ2n) is 4.56. The molecule has 96 valence electrons. The van der Waals surface area contributed by atoms with Crippen LogP contribution in [0.1, 0.15) is 43.4 Å². The van der Waals surface area contributed by atoms with Crippen molar-refractivity contribution in [1.82, 2.24) is 5.32 Å². The summed E-state index contributed by atoms with van der Waals surface area (Å²) in [6, 6.07) is 6.04. The Morgan fingerprint density at radius 3 is 2.59 bits per heavy atom. The monoisotopic (exact) mass is 237 g/mol. The Hall–Kier alpha value is -1.06.